The summed E-state index contributed by atoms with van der Waals surface area (Å²) in [5, 5.41) is 0. The van der Waals surface area contributed by atoms with E-state index >= 15 is 0 Å². The van der Waals surface area contributed by atoms with Crippen LogP contribution >= 0.6 is 0 Å². The maximum Gasteiger partial charge on any atom is 0.197 e. The Labute approximate surface area is 83.6 Å². The van der Waals surface area contributed by atoms with Crippen LogP contribution in [-0.4, -0.2) is 32.4 Å². The van der Waals surface area contributed by atoms with Crippen molar-refractivity contribution in [2.45, 2.75) is 32.0 Å². The summed E-state index contributed by atoms with van der Waals surface area (Å²) < 4.78 is 35.9. The first-order valence-electron chi connectivity index (χ1n) is 5.16. The predicted octanol–water partition coefficient (Wildman–Crippen LogP) is 2.47. The third kappa shape index (κ3) is 2.89. The quantitative estimate of drug-likeness (QED) is 0.691. The number of rotatable bonds is 5. The Morgan fingerprint density at radius 2 is 2.29 bits per heavy atom. The van der Waals surface area contributed by atoms with E-state index in [-0.39, 0.29) is 5.92 Å². The molecule has 2 nitrogen and oxygen atoms in total. The molecule has 0 aromatic rings. The second-order valence-electron chi connectivity index (χ2n) is 3.75. The lowest BCUT2D eigenvalue weighted by atomic mass is 9.95. The molecule has 0 aromatic carbocycles. The Morgan fingerprint density at radius 1 is 1.50 bits per heavy atom. The zero-order valence-corrected chi connectivity index (χ0v) is 8.60. The van der Waals surface area contributed by atoms with E-state index < -0.39 is 19.1 Å². The molecule has 1 aliphatic rings. The molecule has 0 saturated carbocycles. The Morgan fingerprint density at radius 3 is 2.86 bits per heavy atom. The Bertz CT molecular complexity index is 166. The van der Waals surface area contributed by atoms with Gasteiger partial charge in [-0.25, -0.2) is 4.39 Å². The minimum atomic E-state index is -1.16. The predicted molar refractivity (Wildman–Crippen MR) is 49.6 cm³/mol. The first-order chi connectivity index (χ1) is 6.76. The van der Waals surface area contributed by atoms with Gasteiger partial charge in [-0.05, 0) is 18.8 Å². The van der Waals surface area contributed by atoms with Gasteiger partial charge in [-0.3, -0.25) is 4.39 Å². The van der Waals surface area contributed by atoms with E-state index in [1.807, 2.05) is 6.92 Å². The molecule has 0 N–H and O–H groups in total. The second-order valence-corrected chi connectivity index (χ2v) is 3.75. The van der Waals surface area contributed by atoms with E-state index in [1.54, 1.807) is 0 Å². The Kier molecular flexibility index (Phi) is 4.75. The van der Waals surface area contributed by atoms with Crippen LogP contribution in [0.2, 0.25) is 0 Å². The topological polar surface area (TPSA) is 18.5 Å². The van der Waals surface area contributed by atoms with Gasteiger partial charge in [-0.1, -0.05) is 6.92 Å². The fourth-order valence-corrected chi connectivity index (χ4v) is 1.66. The van der Waals surface area contributed by atoms with E-state index in [9.17, 15) is 8.78 Å². The van der Waals surface area contributed by atoms with Gasteiger partial charge in [-0.15, -0.1) is 0 Å². The van der Waals surface area contributed by atoms with Crippen molar-refractivity contribution in [1.29, 1.82) is 0 Å². The third-order valence-electron chi connectivity index (χ3n) is 2.48. The molecule has 4 heteroatoms. The van der Waals surface area contributed by atoms with E-state index in [1.165, 1.54) is 0 Å². The monoisotopic (exact) mass is 208 g/mol. The molecule has 0 radical (unpaired) electrons. The van der Waals surface area contributed by atoms with Crippen LogP contribution in [-0.2, 0) is 9.47 Å². The van der Waals surface area contributed by atoms with E-state index in [0.717, 1.165) is 6.42 Å². The van der Waals surface area contributed by atoms with Gasteiger partial charge in [0.25, 0.3) is 0 Å². The van der Waals surface area contributed by atoms with Gasteiger partial charge in [0.15, 0.2) is 5.79 Å². The molecule has 1 fully saturated rings. The summed E-state index contributed by atoms with van der Waals surface area (Å²) >= 11 is 0. The van der Waals surface area contributed by atoms with Crippen molar-refractivity contribution in [1.82, 2.24) is 0 Å². The van der Waals surface area contributed by atoms with Gasteiger partial charge < -0.3 is 9.47 Å². The standard InChI is InChI=1S/C10H18F2O2/c1-2-4-13-10(8-12)6-9(7-11)3-5-14-10/h9H,2-8H2,1H3. The molecule has 2 unspecified atom stereocenters. The smallest absolute Gasteiger partial charge is 0.197 e. The summed E-state index contributed by atoms with van der Waals surface area (Å²) in [4.78, 5) is 0. The SMILES string of the molecule is CCCOC1(CF)CC(CF)CCO1. The lowest BCUT2D eigenvalue weighted by Gasteiger charge is -2.37. The second kappa shape index (κ2) is 5.61. The molecule has 1 rings (SSSR count). The van der Waals surface area contributed by atoms with Gasteiger partial charge in [0, 0.05) is 13.0 Å². The molecule has 1 heterocycles. The van der Waals surface area contributed by atoms with Crippen LogP contribution in [0.15, 0.2) is 0 Å². The van der Waals surface area contributed by atoms with Crippen LogP contribution < -0.4 is 0 Å². The average Bonchev–Trinajstić information content (AvgIpc) is 2.26. The molecule has 0 spiro atoms. The first kappa shape index (κ1) is 11.9. The summed E-state index contributed by atoms with van der Waals surface area (Å²) in [6.07, 6.45) is 1.80. The molecule has 1 aliphatic heterocycles. The molecule has 14 heavy (non-hydrogen) atoms. The van der Waals surface area contributed by atoms with Crippen LogP contribution in [0.4, 0.5) is 8.78 Å². The Hall–Kier alpha value is -0.220. The number of hydrogen-bond donors (Lipinski definition) is 0. The van der Waals surface area contributed by atoms with Crippen molar-refractivity contribution in [3.05, 3.63) is 0 Å². The summed E-state index contributed by atoms with van der Waals surface area (Å²) in [5.74, 6) is -1.28. The lowest BCUT2D eigenvalue weighted by molar-refractivity contribution is -0.272. The fourth-order valence-electron chi connectivity index (χ4n) is 1.66. The van der Waals surface area contributed by atoms with Crippen molar-refractivity contribution >= 4 is 0 Å². The highest BCUT2D eigenvalue weighted by molar-refractivity contribution is 4.78. The van der Waals surface area contributed by atoms with Crippen molar-refractivity contribution in [3.63, 3.8) is 0 Å². The highest BCUT2D eigenvalue weighted by Crippen LogP contribution is 2.31. The van der Waals surface area contributed by atoms with Crippen LogP contribution in [0.5, 0.6) is 0 Å². The molecule has 84 valence electrons. The van der Waals surface area contributed by atoms with Crippen molar-refractivity contribution in [3.8, 4) is 0 Å². The van der Waals surface area contributed by atoms with Gasteiger partial charge in [0.1, 0.15) is 6.67 Å². The first-order valence-corrected chi connectivity index (χ1v) is 5.16. The Balaban J connectivity index is 2.49. The zero-order valence-electron chi connectivity index (χ0n) is 8.60. The van der Waals surface area contributed by atoms with Gasteiger partial charge in [0.05, 0.1) is 13.3 Å². The van der Waals surface area contributed by atoms with Crippen LogP contribution in [0.25, 0.3) is 0 Å². The minimum absolute atomic E-state index is 0.114. The molecule has 0 aliphatic carbocycles. The van der Waals surface area contributed by atoms with E-state index in [0.29, 0.717) is 26.1 Å². The molecular formula is C10H18F2O2. The number of ether oxygens (including phenoxy) is 2. The van der Waals surface area contributed by atoms with Crippen LogP contribution in [0.1, 0.15) is 26.2 Å². The zero-order chi connectivity index (χ0) is 10.4. The lowest BCUT2D eigenvalue weighted by Crippen LogP contribution is -2.45. The third-order valence-corrected chi connectivity index (χ3v) is 2.48. The molecule has 0 aromatic heterocycles. The van der Waals surface area contributed by atoms with Crippen molar-refractivity contribution in [2.24, 2.45) is 5.92 Å². The maximum atomic E-state index is 12.8. The summed E-state index contributed by atoms with van der Waals surface area (Å²) in [5.41, 5.74) is 0. The number of halogens is 2. The molecule has 2 atom stereocenters. The minimum Gasteiger partial charge on any atom is -0.347 e. The van der Waals surface area contributed by atoms with Crippen molar-refractivity contribution < 1.29 is 18.3 Å². The number of alkyl halides is 2. The normalized spacial score (nSPS) is 33.2. The number of hydrogen-bond acceptors (Lipinski definition) is 2. The molecule has 1 saturated heterocycles. The average molecular weight is 208 g/mol. The molecule has 0 bridgehead atoms. The van der Waals surface area contributed by atoms with Crippen LogP contribution in [0.3, 0.4) is 0 Å². The largest absolute Gasteiger partial charge is 0.347 e. The van der Waals surface area contributed by atoms with Gasteiger partial charge >= 0.3 is 0 Å². The highest BCUT2D eigenvalue weighted by Gasteiger charge is 2.38. The molecule has 0 amide bonds. The van der Waals surface area contributed by atoms with Gasteiger partial charge in [-0.2, -0.15) is 0 Å². The summed E-state index contributed by atoms with van der Waals surface area (Å²) in [7, 11) is 0. The molecular weight excluding hydrogens is 190 g/mol. The maximum absolute atomic E-state index is 12.8. The fraction of sp³-hybridized carbons (Fsp3) is 1.00. The van der Waals surface area contributed by atoms with Gasteiger partial charge in [0.2, 0.25) is 0 Å². The van der Waals surface area contributed by atoms with E-state index in [2.05, 4.69) is 0 Å². The highest BCUT2D eigenvalue weighted by atomic mass is 19.1. The van der Waals surface area contributed by atoms with Crippen LogP contribution in [0, 0.1) is 5.92 Å². The van der Waals surface area contributed by atoms with Crippen molar-refractivity contribution in [2.75, 3.05) is 26.6 Å². The summed E-state index contributed by atoms with van der Waals surface area (Å²) in [6.45, 7) is 1.69. The van der Waals surface area contributed by atoms with E-state index in [4.69, 9.17) is 9.47 Å². The summed E-state index contributed by atoms with van der Waals surface area (Å²) in [6, 6.07) is 0.